The van der Waals surface area contributed by atoms with Crippen LogP contribution in [0.2, 0.25) is 0 Å². The summed E-state index contributed by atoms with van der Waals surface area (Å²) in [6.45, 7) is 3.50. The maximum Gasteiger partial charge on any atom is 0.323 e. The van der Waals surface area contributed by atoms with Crippen LogP contribution in [0.5, 0.6) is 6.01 Å². The average molecular weight is 307 g/mol. The van der Waals surface area contributed by atoms with Gasteiger partial charge in [-0.25, -0.2) is 0 Å². The van der Waals surface area contributed by atoms with Gasteiger partial charge in [0.15, 0.2) is 0 Å². The summed E-state index contributed by atoms with van der Waals surface area (Å²) < 4.78 is 5.51. The molecule has 2 rings (SSSR count). The second-order valence-corrected chi connectivity index (χ2v) is 5.62. The molecule has 0 unspecified atom stereocenters. The maximum absolute atomic E-state index is 5.51. The molecule has 7 heteroatoms. The van der Waals surface area contributed by atoms with Crippen molar-refractivity contribution in [2.75, 3.05) is 37.5 Å². The molecule has 21 heavy (non-hydrogen) atoms. The second-order valence-electron chi connectivity index (χ2n) is 4.59. The van der Waals surface area contributed by atoms with Gasteiger partial charge in [0.1, 0.15) is 0 Å². The number of aromatic nitrogens is 3. The first kappa shape index (κ1) is 15.5. The molecule has 0 aliphatic carbocycles. The lowest BCUT2D eigenvalue weighted by molar-refractivity contribution is 0.292. The Hall–Kier alpha value is -1.89. The predicted octanol–water partition coefficient (Wildman–Crippen LogP) is 2.44. The highest BCUT2D eigenvalue weighted by molar-refractivity contribution is 7.09. The second kappa shape index (κ2) is 7.78. The van der Waals surface area contributed by atoms with Gasteiger partial charge in [0.25, 0.3) is 0 Å². The molecule has 6 nitrogen and oxygen atoms in total. The Morgan fingerprint density at radius 3 is 2.86 bits per heavy atom. The van der Waals surface area contributed by atoms with E-state index in [1.165, 1.54) is 4.88 Å². The lowest BCUT2D eigenvalue weighted by Crippen LogP contribution is -2.23. The van der Waals surface area contributed by atoms with Crippen LogP contribution in [0.15, 0.2) is 17.5 Å². The molecule has 0 aliphatic heterocycles. The van der Waals surface area contributed by atoms with Crippen LogP contribution >= 0.6 is 11.3 Å². The third-order valence-electron chi connectivity index (χ3n) is 2.88. The van der Waals surface area contributed by atoms with Crippen LogP contribution < -0.4 is 15.0 Å². The molecule has 2 aromatic heterocycles. The molecule has 0 saturated heterocycles. The number of hydrogen-bond donors (Lipinski definition) is 1. The Labute approximate surface area is 129 Å². The summed E-state index contributed by atoms with van der Waals surface area (Å²) in [5, 5.41) is 5.03. The molecule has 2 aromatic rings. The van der Waals surface area contributed by atoms with Crippen molar-refractivity contribution in [1.82, 2.24) is 15.0 Å². The molecule has 0 radical (unpaired) electrons. The van der Waals surface area contributed by atoms with Crippen molar-refractivity contribution in [3.63, 3.8) is 0 Å². The Kier molecular flexibility index (Phi) is 5.74. The third kappa shape index (κ3) is 4.56. The maximum atomic E-state index is 5.51. The van der Waals surface area contributed by atoms with Gasteiger partial charge in [0.05, 0.1) is 6.61 Å². The zero-order chi connectivity index (χ0) is 15.1. The topological polar surface area (TPSA) is 63.2 Å². The van der Waals surface area contributed by atoms with E-state index in [1.54, 1.807) is 18.4 Å². The first-order valence-corrected chi connectivity index (χ1v) is 7.91. The van der Waals surface area contributed by atoms with E-state index >= 15 is 0 Å². The van der Waals surface area contributed by atoms with E-state index in [9.17, 15) is 0 Å². The van der Waals surface area contributed by atoms with E-state index in [2.05, 4.69) is 37.8 Å². The molecule has 0 spiro atoms. The predicted molar refractivity (Wildman–Crippen MR) is 86.5 cm³/mol. The van der Waals surface area contributed by atoms with E-state index in [4.69, 9.17) is 4.74 Å². The van der Waals surface area contributed by atoms with Gasteiger partial charge in [-0.15, -0.1) is 11.3 Å². The van der Waals surface area contributed by atoms with Crippen LogP contribution in [0.4, 0.5) is 11.9 Å². The molecular formula is C14H21N5OS. The van der Waals surface area contributed by atoms with Crippen LogP contribution in [0.1, 0.15) is 18.2 Å². The summed E-state index contributed by atoms with van der Waals surface area (Å²) in [6.07, 6.45) is 1.89. The minimum Gasteiger partial charge on any atom is -0.463 e. The van der Waals surface area contributed by atoms with Gasteiger partial charge < -0.3 is 15.0 Å². The molecule has 0 bridgehead atoms. The number of nitrogens with one attached hydrogen (secondary N) is 1. The van der Waals surface area contributed by atoms with Crippen LogP contribution in [0, 0.1) is 0 Å². The van der Waals surface area contributed by atoms with Crippen LogP contribution in [0.3, 0.4) is 0 Å². The van der Waals surface area contributed by atoms with Crippen molar-refractivity contribution in [2.24, 2.45) is 0 Å². The largest absolute Gasteiger partial charge is 0.463 e. The Morgan fingerprint density at radius 1 is 1.33 bits per heavy atom. The number of thiophene rings is 1. The molecule has 0 saturated carbocycles. The monoisotopic (exact) mass is 307 g/mol. The summed E-state index contributed by atoms with van der Waals surface area (Å²) in [5.41, 5.74) is 0. The minimum atomic E-state index is 0.370. The zero-order valence-corrected chi connectivity index (χ0v) is 13.5. The highest BCUT2D eigenvalue weighted by Gasteiger charge is 2.11. The molecule has 2 heterocycles. The number of ether oxygens (including phenoxy) is 1. The third-order valence-corrected chi connectivity index (χ3v) is 3.81. The van der Waals surface area contributed by atoms with Crippen molar-refractivity contribution in [2.45, 2.75) is 19.8 Å². The van der Waals surface area contributed by atoms with E-state index in [1.807, 2.05) is 18.9 Å². The fraction of sp³-hybridized carbons (Fsp3) is 0.500. The SMILES string of the molecule is CCCOc1nc(NC)nc(N(C)CCc2cccs2)n1. The summed E-state index contributed by atoms with van der Waals surface area (Å²) in [5.74, 6) is 1.14. The molecule has 0 aromatic carbocycles. The Balaban J connectivity index is 2.05. The van der Waals surface area contributed by atoms with Gasteiger partial charge in [0.2, 0.25) is 11.9 Å². The van der Waals surface area contributed by atoms with Gasteiger partial charge in [-0.2, -0.15) is 15.0 Å². The van der Waals surface area contributed by atoms with Crippen molar-refractivity contribution in [3.05, 3.63) is 22.4 Å². The lowest BCUT2D eigenvalue weighted by Gasteiger charge is -2.17. The first-order valence-electron chi connectivity index (χ1n) is 7.03. The summed E-state index contributed by atoms with van der Waals surface area (Å²) >= 11 is 1.77. The Bertz CT molecular complexity index is 546. The van der Waals surface area contributed by atoms with Gasteiger partial charge >= 0.3 is 6.01 Å². The fourth-order valence-electron chi connectivity index (χ4n) is 1.72. The highest BCUT2D eigenvalue weighted by atomic mass is 32.1. The number of likely N-dealkylation sites (N-methyl/N-ethyl adjacent to an activating group) is 1. The van der Waals surface area contributed by atoms with E-state index in [0.29, 0.717) is 24.5 Å². The fourth-order valence-corrected chi connectivity index (χ4v) is 2.42. The quantitative estimate of drug-likeness (QED) is 0.808. The molecule has 114 valence electrons. The van der Waals surface area contributed by atoms with E-state index in [-0.39, 0.29) is 0 Å². The number of anilines is 2. The van der Waals surface area contributed by atoms with Crippen molar-refractivity contribution >= 4 is 23.2 Å². The van der Waals surface area contributed by atoms with Gasteiger partial charge in [-0.1, -0.05) is 13.0 Å². The lowest BCUT2D eigenvalue weighted by atomic mass is 10.3. The van der Waals surface area contributed by atoms with E-state index < -0.39 is 0 Å². The molecule has 0 atom stereocenters. The highest BCUT2D eigenvalue weighted by Crippen LogP contribution is 2.15. The van der Waals surface area contributed by atoms with Crippen LogP contribution in [0.25, 0.3) is 0 Å². The standard InChI is InChI=1S/C14H21N5OS/c1-4-9-20-14-17-12(15-2)16-13(18-14)19(3)8-7-11-6-5-10-21-11/h5-6,10H,4,7-9H2,1-3H3,(H,15,16,17,18). The van der Waals surface area contributed by atoms with Gasteiger partial charge in [0, 0.05) is 25.5 Å². The van der Waals surface area contributed by atoms with Crippen molar-refractivity contribution in [3.8, 4) is 6.01 Å². The normalized spacial score (nSPS) is 10.4. The molecular weight excluding hydrogens is 286 g/mol. The number of nitrogens with zero attached hydrogens (tertiary/aromatic N) is 4. The molecule has 1 N–H and O–H groups in total. The van der Waals surface area contributed by atoms with E-state index in [0.717, 1.165) is 19.4 Å². The molecule has 0 fully saturated rings. The van der Waals surface area contributed by atoms with Crippen LogP contribution in [-0.4, -0.2) is 42.2 Å². The first-order chi connectivity index (χ1) is 10.2. The van der Waals surface area contributed by atoms with Gasteiger partial charge in [-0.05, 0) is 24.3 Å². The molecule has 0 amide bonds. The summed E-state index contributed by atoms with van der Waals surface area (Å²) in [4.78, 5) is 16.3. The van der Waals surface area contributed by atoms with Gasteiger partial charge in [-0.3, -0.25) is 0 Å². The van der Waals surface area contributed by atoms with Crippen LogP contribution in [-0.2, 0) is 6.42 Å². The van der Waals surface area contributed by atoms with Crippen molar-refractivity contribution in [1.29, 1.82) is 0 Å². The Morgan fingerprint density at radius 2 is 2.19 bits per heavy atom. The molecule has 0 aliphatic rings. The number of hydrogen-bond acceptors (Lipinski definition) is 7. The number of rotatable bonds is 8. The zero-order valence-electron chi connectivity index (χ0n) is 12.7. The van der Waals surface area contributed by atoms with Crippen molar-refractivity contribution < 1.29 is 4.74 Å². The summed E-state index contributed by atoms with van der Waals surface area (Å²) in [6, 6.07) is 4.58. The minimum absolute atomic E-state index is 0.370. The smallest absolute Gasteiger partial charge is 0.323 e. The average Bonchev–Trinajstić information content (AvgIpc) is 3.03. The summed E-state index contributed by atoms with van der Waals surface area (Å²) in [7, 11) is 3.76.